The molecule has 48 heavy (non-hydrogen) atoms. The van der Waals surface area contributed by atoms with Crippen molar-refractivity contribution < 1.29 is 67.7 Å². The molecular formula is C34H46O14. The number of fused-ring (bicyclic) bond motifs is 1. The minimum atomic E-state index is -2.43. The molecule has 2 aliphatic rings. The highest BCUT2D eigenvalue weighted by molar-refractivity contribution is 5.92. The second kappa shape index (κ2) is 15.8. The minimum absolute atomic E-state index is 0.0106. The molecule has 0 bridgehead atoms. The Kier molecular flexibility index (Phi) is 12.6. The number of aliphatic hydroxyl groups is 2. The standard InChI is InChI=1S/C34H46O14/c1-18(2)12-26(37)47-28(20(5)6)31(40)43-15-22-16-44-32(48-27(38)13-19(3)4)29-33(22,41)14-25(46-21(7)35)34(29,42)17-45-30(39)23-10-8-9-11-24(23)36/h8-11,16,18-20,25,28-29,32,36,41-42H,12-15,17H2,1-7H3/t25-,28+,29-,32-,33-,34+/m0/s1. The van der Waals surface area contributed by atoms with Gasteiger partial charge in [0.1, 0.15) is 47.8 Å². The highest BCUT2D eigenvalue weighted by Gasteiger charge is 2.70. The number of phenolic OH excluding ortho intramolecular Hbond substituents is 1. The van der Waals surface area contributed by atoms with Gasteiger partial charge in [-0.05, 0) is 24.0 Å². The van der Waals surface area contributed by atoms with Crippen LogP contribution in [-0.4, -0.2) is 88.1 Å². The molecular weight excluding hydrogens is 632 g/mol. The van der Waals surface area contributed by atoms with E-state index in [1.807, 2.05) is 13.8 Å². The average Bonchev–Trinajstić information content (AvgIpc) is 3.19. The van der Waals surface area contributed by atoms with Gasteiger partial charge in [-0.1, -0.05) is 53.7 Å². The van der Waals surface area contributed by atoms with Gasteiger partial charge in [0.15, 0.2) is 0 Å². The van der Waals surface area contributed by atoms with Crippen LogP contribution in [0.15, 0.2) is 36.1 Å². The number of hydrogen-bond donors (Lipinski definition) is 3. The van der Waals surface area contributed by atoms with E-state index < -0.39 is 96.8 Å². The first-order valence-corrected chi connectivity index (χ1v) is 15.9. The molecule has 1 aromatic carbocycles. The smallest absolute Gasteiger partial charge is 0.348 e. The van der Waals surface area contributed by atoms with Crippen molar-refractivity contribution in [2.24, 2.45) is 23.7 Å². The summed E-state index contributed by atoms with van der Waals surface area (Å²) in [6.07, 6.45) is -3.93. The van der Waals surface area contributed by atoms with Gasteiger partial charge in [0.25, 0.3) is 6.29 Å². The van der Waals surface area contributed by atoms with Crippen molar-refractivity contribution in [3.8, 4) is 5.75 Å². The highest BCUT2D eigenvalue weighted by atomic mass is 16.7. The van der Waals surface area contributed by atoms with Crippen molar-refractivity contribution in [3.05, 3.63) is 41.7 Å². The zero-order valence-corrected chi connectivity index (χ0v) is 28.3. The van der Waals surface area contributed by atoms with Gasteiger partial charge in [-0.15, -0.1) is 0 Å². The molecule has 1 fully saturated rings. The van der Waals surface area contributed by atoms with Crippen LogP contribution in [0.2, 0.25) is 0 Å². The third-order valence-corrected chi connectivity index (χ3v) is 8.01. The van der Waals surface area contributed by atoms with Crippen LogP contribution in [0.4, 0.5) is 0 Å². The van der Waals surface area contributed by atoms with Crippen molar-refractivity contribution in [1.82, 2.24) is 0 Å². The predicted molar refractivity (Wildman–Crippen MR) is 166 cm³/mol. The molecule has 1 heterocycles. The summed E-state index contributed by atoms with van der Waals surface area (Å²) in [5.41, 5.74) is -4.97. The molecule has 0 saturated heterocycles. The van der Waals surface area contributed by atoms with Crippen LogP contribution in [0.3, 0.4) is 0 Å². The van der Waals surface area contributed by atoms with Gasteiger partial charge in [0.2, 0.25) is 6.10 Å². The summed E-state index contributed by atoms with van der Waals surface area (Å²) in [6.45, 7) is 10.1. The Morgan fingerprint density at radius 3 is 2.12 bits per heavy atom. The molecule has 1 aliphatic carbocycles. The van der Waals surface area contributed by atoms with Crippen LogP contribution in [0.1, 0.15) is 78.1 Å². The fraction of sp³-hybridized carbons (Fsp3) is 0.618. The van der Waals surface area contributed by atoms with E-state index in [-0.39, 0.29) is 35.8 Å². The Bertz CT molecular complexity index is 1380. The van der Waals surface area contributed by atoms with Crippen LogP contribution < -0.4 is 0 Å². The Hall–Kier alpha value is -4.17. The maximum Gasteiger partial charge on any atom is 0.348 e. The number of carbonyl (C=O) groups is 5. The van der Waals surface area contributed by atoms with E-state index in [0.29, 0.717) is 0 Å². The van der Waals surface area contributed by atoms with Gasteiger partial charge in [-0.25, -0.2) is 9.59 Å². The number of carbonyl (C=O) groups excluding carboxylic acids is 5. The molecule has 14 nitrogen and oxygen atoms in total. The number of ether oxygens (including phenoxy) is 6. The minimum Gasteiger partial charge on any atom is -0.507 e. The number of aromatic hydroxyl groups is 1. The Morgan fingerprint density at radius 2 is 1.54 bits per heavy atom. The molecule has 1 aliphatic heterocycles. The van der Waals surface area contributed by atoms with Crippen molar-refractivity contribution >= 4 is 29.8 Å². The molecule has 0 radical (unpaired) electrons. The maximum absolute atomic E-state index is 13.1. The summed E-state index contributed by atoms with van der Waals surface area (Å²) < 4.78 is 32.9. The second-order valence-corrected chi connectivity index (χ2v) is 13.4. The SMILES string of the molecule is CC(=O)O[C@H]1C[C@]2(O)C(COC(=O)[C@H](OC(=O)CC(C)C)C(C)C)=CO[C@@H](OC(=O)CC(C)C)[C@@H]2[C@@]1(O)COC(=O)c1ccccc1O. The first-order valence-electron chi connectivity index (χ1n) is 15.9. The summed E-state index contributed by atoms with van der Waals surface area (Å²) in [5.74, 6) is -6.75. The second-order valence-electron chi connectivity index (χ2n) is 13.4. The fourth-order valence-corrected chi connectivity index (χ4v) is 5.73. The summed E-state index contributed by atoms with van der Waals surface area (Å²) in [7, 11) is 0. The van der Waals surface area contributed by atoms with E-state index in [0.717, 1.165) is 13.2 Å². The van der Waals surface area contributed by atoms with E-state index in [1.165, 1.54) is 24.3 Å². The third-order valence-electron chi connectivity index (χ3n) is 8.01. The van der Waals surface area contributed by atoms with Crippen molar-refractivity contribution in [1.29, 1.82) is 0 Å². The number of hydrogen-bond acceptors (Lipinski definition) is 14. The van der Waals surface area contributed by atoms with E-state index in [2.05, 4.69) is 0 Å². The van der Waals surface area contributed by atoms with Crippen LogP contribution in [0.25, 0.3) is 0 Å². The van der Waals surface area contributed by atoms with E-state index >= 15 is 0 Å². The van der Waals surface area contributed by atoms with Crippen LogP contribution in [-0.2, 0) is 47.6 Å². The van der Waals surface area contributed by atoms with E-state index in [9.17, 15) is 39.3 Å². The van der Waals surface area contributed by atoms with Gasteiger partial charge >= 0.3 is 29.8 Å². The molecule has 1 saturated carbocycles. The third kappa shape index (κ3) is 9.04. The van der Waals surface area contributed by atoms with Crippen molar-refractivity contribution in [2.45, 2.75) is 97.4 Å². The zero-order chi connectivity index (χ0) is 36.0. The first kappa shape index (κ1) is 38.3. The molecule has 1 aromatic rings. The number of para-hydroxylation sites is 1. The van der Waals surface area contributed by atoms with Gasteiger partial charge in [0.05, 0.1) is 6.26 Å². The summed E-state index contributed by atoms with van der Waals surface area (Å²) in [5, 5.41) is 34.5. The topological polar surface area (TPSA) is 201 Å². The molecule has 0 unspecified atom stereocenters. The van der Waals surface area contributed by atoms with Crippen LogP contribution >= 0.6 is 0 Å². The largest absolute Gasteiger partial charge is 0.507 e. The van der Waals surface area contributed by atoms with Crippen LogP contribution in [0.5, 0.6) is 5.75 Å². The number of benzene rings is 1. The lowest BCUT2D eigenvalue weighted by molar-refractivity contribution is -0.239. The predicted octanol–water partition coefficient (Wildman–Crippen LogP) is 2.95. The Balaban J connectivity index is 1.97. The molecule has 3 N–H and O–H groups in total. The average molecular weight is 679 g/mol. The lowest BCUT2D eigenvalue weighted by Gasteiger charge is -2.44. The molecule has 6 atom stereocenters. The summed E-state index contributed by atoms with van der Waals surface area (Å²) in [6, 6.07) is 5.51. The van der Waals surface area contributed by atoms with E-state index in [1.54, 1.807) is 27.7 Å². The Morgan fingerprint density at radius 1 is 0.917 bits per heavy atom. The summed E-state index contributed by atoms with van der Waals surface area (Å²) in [4.78, 5) is 63.3. The molecule has 14 heteroatoms. The van der Waals surface area contributed by atoms with Gasteiger partial charge in [-0.3, -0.25) is 14.4 Å². The molecule has 0 spiro atoms. The quantitative estimate of drug-likeness (QED) is 0.191. The molecule has 0 amide bonds. The lowest BCUT2D eigenvalue weighted by atomic mass is 9.77. The first-order chi connectivity index (χ1) is 22.4. The van der Waals surface area contributed by atoms with Gasteiger partial charge < -0.3 is 43.7 Å². The van der Waals surface area contributed by atoms with E-state index in [4.69, 9.17) is 28.4 Å². The highest BCUT2D eigenvalue weighted by Crippen LogP contribution is 2.53. The fourth-order valence-electron chi connectivity index (χ4n) is 5.73. The number of esters is 5. The molecule has 3 rings (SSSR count). The zero-order valence-electron chi connectivity index (χ0n) is 28.3. The number of phenols is 1. The van der Waals surface area contributed by atoms with Crippen molar-refractivity contribution in [2.75, 3.05) is 13.2 Å². The summed E-state index contributed by atoms with van der Waals surface area (Å²) >= 11 is 0. The Labute approximate surface area is 279 Å². The van der Waals surface area contributed by atoms with Gasteiger partial charge in [-0.2, -0.15) is 0 Å². The molecule has 0 aromatic heterocycles. The molecule has 266 valence electrons. The lowest BCUT2D eigenvalue weighted by Crippen LogP contribution is -2.59. The maximum atomic E-state index is 13.1. The normalized spacial score (nSPS) is 25.4. The van der Waals surface area contributed by atoms with Crippen molar-refractivity contribution in [3.63, 3.8) is 0 Å². The van der Waals surface area contributed by atoms with Gasteiger partial charge in [0, 0.05) is 37.7 Å². The number of rotatable bonds is 14. The van der Waals surface area contributed by atoms with Crippen LogP contribution in [0, 0.1) is 23.7 Å². The monoisotopic (exact) mass is 678 g/mol.